The number of alkyl carbamates (subject to hydrolysis) is 1. The predicted octanol–water partition coefficient (Wildman–Crippen LogP) is 2.68. The number of ether oxygens (including phenoxy) is 3. The third-order valence-electron chi connectivity index (χ3n) is 5.88. The SMILES string of the molecule is CNCC(CCCOC)NC(=O)N1CCCC([C@@H](OCCNC(=O)OC)c2cccc(F)c2)C1. The molecule has 3 amide bonds. The summed E-state index contributed by atoms with van der Waals surface area (Å²) in [7, 11) is 4.83. The van der Waals surface area contributed by atoms with Gasteiger partial charge in [-0.25, -0.2) is 14.0 Å². The van der Waals surface area contributed by atoms with Gasteiger partial charge in [0.1, 0.15) is 5.82 Å². The van der Waals surface area contributed by atoms with Crippen LogP contribution in [0.2, 0.25) is 0 Å². The van der Waals surface area contributed by atoms with E-state index in [1.54, 1.807) is 13.2 Å². The van der Waals surface area contributed by atoms with Gasteiger partial charge in [-0.05, 0) is 50.4 Å². The summed E-state index contributed by atoms with van der Waals surface area (Å²) in [5.41, 5.74) is 0.720. The number of hydrogen-bond acceptors (Lipinski definition) is 6. The number of hydrogen-bond donors (Lipinski definition) is 3. The molecule has 1 aromatic carbocycles. The van der Waals surface area contributed by atoms with Crippen LogP contribution in [0.4, 0.5) is 14.0 Å². The molecule has 0 radical (unpaired) electrons. The van der Waals surface area contributed by atoms with E-state index in [4.69, 9.17) is 9.47 Å². The zero-order valence-electron chi connectivity index (χ0n) is 20.5. The number of urea groups is 1. The molecule has 3 atom stereocenters. The van der Waals surface area contributed by atoms with Crippen molar-refractivity contribution < 1.29 is 28.2 Å². The molecule has 0 aliphatic carbocycles. The fourth-order valence-corrected chi connectivity index (χ4v) is 4.25. The molecule has 1 fully saturated rings. The molecule has 2 rings (SSSR count). The van der Waals surface area contributed by atoms with Crippen molar-refractivity contribution >= 4 is 12.1 Å². The van der Waals surface area contributed by atoms with Crippen molar-refractivity contribution in [3.63, 3.8) is 0 Å². The lowest BCUT2D eigenvalue weighted by atomic mass is 9.88. The van der Waals surface area contributed by atoms with E-state index in [9.17, 15) is 14.0 Å². The van der Waals surface area contributed by atoms with Crippen LogP contribution in [-0.4, -0.2) is 83.7 Å². The minimum absolute atomic E-state index is 0.00401. The summed E-state index contributed by atoms with van der Waals surface area (Å²) in [6.45, 7) is 2.99. The highest BCUT2D eigenvalue weighted by molar-refractivity contribution is 5.74. The topological polar surface area (TPSA) is 101 Å². The summed E-state index contributed by atoms with van der Waals surface area (Å²) in [6.07, 6.45) is 2.42. The number of piperidine rings is 1. The lowest BCUT2D eigenvalue weighted by molar-refractivity contribution is -0.00878. The molecule has 0 spiro atoms. The van der Waals surface area contributed by atoms with Crippen molar-refractivity contribution in [2.45, 2.75) is 37.8 Å². The molecule has 0 saturated carbocycles. The van der Waals surface area contributed by atoms with E-state index < -0.39 is 12.2 Å². The molecular weight excluding hydrogens is 443 g/mol. The Labute approximate surface area is 201 Å². The Morgan fingerprint density at radius 1 is 1.26 bits per heavy atom. The maximum atomic E-state index is 14.0. The third kappa shape index (κ3) is 9.44. The molecule has 10 heteroatoms. The van der Waals surface area contributed by atoms with Crippen molar-refractivity contribution in [2.75, 3.05) is 60.7 Å². The van der Waals surface area contributed by atoms with E-state index in [1.807, 2.05) is 18.0 Å². The highest BCUT2D eigenvalue weighted by atomic mass is 19.1. The highest BCUT2D eigenvalue weighted by Crippen LogP contribution is 2.33. The summed E-state index contributed by atoms with van der Waals surface area (Å²) in [4.78, 5) is 26.2. The molecular formula is C24H39FN4O5. The quantitative estimate of drug-likeness (QED) is 0.374. The number of benzene rings is 1. The van der Waals surface area contributed by atoms with Gasteiger partial charge < -0.3 is 35.1 Å². The average Bonchev–Trinajstić information content (AvgIpc) is 2.84. The lowest BCUT2D eigenvalue weighted by Crippen LogP contribution is -2.51. The first-order valence-corrected chi connectivity index (χ1v) is 11.9. The van der Waals surface area contributed by atoms with E-state index in [0.29, 0.717) is 26.2 Å². The zero-order valence-corrected chi connectivity index (χ0v) is 20.5. The number of carbonyl (C=O) groups excluding carboxylic acids is 2. The first-order chi connectivity index (χ1) is 16.5. The van der Waals surface area contributed by atoms with Crippen molar-refractivity contribution in [1.82, 2.24) is 20.9 Å². The molecule has 1 aliphatic heterocycles. The van der Waals surface area contributed by atoms with Crippen LogP contribution in [-0.2, 0) is 14.2 Å². The molecule has 1 aromatic rings. The third-order valence-corrected chi connectivity index (χ3v) is 5.88. The van der Waals surface area contributed by atoms with E-state index in [2.05, 4.69) is 20.7 Å². The molecule has 1 heterocycles. The molecule has 0 aromatic heterocycles. The fourth-order valence-electron chi connectivity index (χ4n) is 4.25. The van der Waals surface area contributed by atoms with E-state index in [-0.39, 0.29) is 37.0 Å². The summed E-state index contributed by atoms with van der Waals surface area (Å²) in [5, 5.41) is 8.85. The number of rotatable bonds is 13. The molecule has 9 nitrogen and oxygen atoms in total. The predicted molar refractivity (Wildman–Crippen MR) is 127 cm³/mol. The van der Waals surface area contributed by atoms with Gasteiger partial charge in [-0.3, -0.25) is 0 Å². The van der Waals surface area contributed by atoms with Crippen molar-refractivity contribution in [1.29, 1.82) is 0 Å². The normalized spacial score (nSPS) is 17.6. The largest absolute Gasteiger partial charge is 0.453 e. The lowest BCUT2D eigenvalue weighted by Gasteiger charge is -2.37. The van der Waals surface area contributed by atoms with Crippen LogP contribution in [0.3, 0.4) is 0 Å². The van der Waals surface area contributed by atoms with E-state index >= 15 is 0 Å². The Bertz CT molecular complexity index is 754. The van der Waals surface area contributed by atoms with Gasteiger partial charge in [0.05, 0.1) is 19.8 Å². The molecule has 1 aliphatic rings. The second kappa shape index (κ2) is 15.5. The fraction of sp³-hybridized carbons (Fsp3) is 0.667. The standard InChI is InChI=1S/C24H39FN4O5/c1-26-16-21(10-6-13-32-2)28-23(30)29-12-5-8-19(17-29)22(18-7-4-9-20(25)15-18)34-14-11-27-24(31)33-3/h4,7,9,15,19,21-22,26H,5-6,8,10-14,16-17H2,1-3H3,(H,27,31)(H,28,30)/t19?,21?,22-/m0/s1. The Kier molecular flexibility index (Phi) is 12.7. The summed E-state index contributed by atoms with van der Waals surface area (Å²) < 4.78 is 29.8. The van der Waals surface area contributed by atoms with Gasteiger partial charge in [0.2, 0.25) is 0 Å². The number of nitrogens with one attached hydrogen (secondary N) is 3. The number of amides is 3. The minimum atomic E-state index is -0.534. The van der Waals surface area contributed by atoms with E-state index in [1.165, 1.54) is 19.2 Å². The summed E-state index contributed by atoms with van der Waals surface area (Å²) in [6, 6.07) is 6.25. The van der Waals surface area contributed by atoms with Crippen LogP contribution in [0, 0.1) is 11.7 Å². The maximum absolute atomic E-state index is 14.0. The molecule has 34 heavy (non-hydrogen) atoms. The number of halogens is 1. The smallest absolute Gasteiger partial charge is 0.406 e. The van der Waals surface area contributed by atoms with Gasteiger partial charge in [0.25, 0.3) is 0 Å². The molecule has 192 valence electrons. The van der Waals surface area contributed by atoms with Crippen LogP contribution < -0.4 is 16.0 Å². The van der Waals surface area contributed by atoms with Crippen LogP contribution >= 0.6 is 0 Å². The second-order valence-corrected chi connectivity index (χ2v) is 8.45. The molecule has 3 N–H and O–H groups in total. The van der Waals surface area contributed by atoms with Crippen LogP contribution in [0.15, 0.2) is 24.3 Å². The first-order valence-electron chi connectivity index (χ1n) is 11.9. The van der Waals surface area contributed by atoms with Gasteiger partial charge >= 0.3 is 12.1 Å². The van der Waals surface area contributed by atoms with Crippen molar-refractivity contribution in [3.8, 4) is 0 Å². The van der Waals surface area contributed by atoms with Gasteiger partial charge in [-0.15, -0.1) is 0 Å². The monoisotopic (exact) mass is 482 g/mol. The van der Waals surface area contributed by atoms with Crippen molar-refractivity contribution in [2.24, 2.45) is 5.92 Å². The van der Waals surface area contributed by atoms with Gasteiger partial charge in [-0.2, -0.15) is 0 Å². The Morgan fingerprint density at radius 3 is 2.79 bits per heavy atom. The zero-order chi connectivity index (χ0) is 24.8. The number of methoxy groups -OCH3 is 2. The molecule has 0 bridgehead atoms. The minimum Gasteiger partial charge on any atom is -0.453 e. The second-order valence-electron chi connectivity index (χ2n) is 8.45. The Hall–Kier alpha value is -2.43. The summed E-state index contributed by atoms with van der Waals surface area (Å²) >= 11 is 0. The average molecular weight is 483 g/mol. The van der Waals surface area contributed by atoms with Crippen LogP contribution in [0.5, 0.6) is 0 Å². The van der Waals surface area contributed by atoms with Crippen LogP contribution in [0.1, 0.15) is 37.4 Å². The van der Waals surface area contributed by atoms with Crippen LogP contribution in [0.25, 0.3) is 0 Å². The molecule has 1 saturated heterocycles. The first kappa shape index (κ1) is 27.8. The van der Waals surface area contributed by atoms with Gasteiger partial charge in [0.15, 0.2) is 0 Å². The summed E-state index contributed by atoms with van der Waals surface area (Å²) in [5.74, 6) is -0.342. The Balaban J connectivity index is 2.03. The highest BCUT2D eigenvalue weighted by Gasteiger charge is 2.32. The Morgan fingerprint density at radius 2 is 2.09 bits per heavy atom. The number of nitrogens with zero attached hydrogens (tertiary/aromatic N) is 1. The number of likely N-dealkylation sites (N-methyl/N-ethyl adjacent to an activating group) is 1. The number of carbonyl (C=O) groups is 2. The van der Waals surface area contributed by atoms with Gasteiger partial charge in [0, 0.05) is 51.9 Å². The maximum Gasteiger partial charge on any atom is 0.406 e. The molecule has 2 unspecified atom stereocenters. The van der Waals surface area contributed by atoms with Gasteiger partial charge in [-0.1, -0.05) is 12.1 Å². The van der Waals surface area contributed by atoms with E-state index in [0.717, 1.165) is 31.2 Å². The number of likely N-dealkylation sites (tertiary alicyclic amines) is 1. The van der Waals surface area contributed by atoms with Crippen molar-refractivity contribution in [3.05, 3.63) is 35.6 Å².